The van der Waals surface area contributed by atoms with Crippen LogP contribution < -0.4 is 11.3 Å². The Hall–Kier alpha value is -3.39. The van der Waals surface area contributed by atoms with Crippen molar-refractivity contribution in [2.75, 3.05) is 18.9 Å². The lowest BCUT2D eigenvalue weighted by Gasteiger charge is -2.25. The summed E-state index contributed by atoms with van der Waals surface area (Å²) in [5, 5.41) is 30.8. The number of fused-ring (bicyclic) bond motifs is 2. The number of aliphatic hydroxyl groups excluding tert-OH is 3. The molecular formula is C20H24N9O10P. The van der Waals surface area contributed by atoms with Gasteiger partial charge in [-0.3, -0.25) is 23.0 Å². The van der Waals surface area contributed by atoms with Crippen LogP contribution in [0.4, 0.5) is 5.82 Å². The second-order valence-corrected chi connectivity index (χ2v) is 10.5. The monoisotopic (exact) mass is 581 g/mol. The fourth-order valence-electron chi connectivity index (χ4n) is 4.72. The first-order chi connectivity index (χ1) is 19.2. The lowest BCUT2D eigenvalue weighted by molar-refractivity contribution is -0.0593. The predicted octanol–water partition coefficient (Wildman–Crippen LogP) is -2.06. The number of nitrogens with zero attached hydrogens (tertiary/aromatic N) is 7. The maximum absolute atomic E-state index is 12.9. The van der Waals surface area contributed by atoms with Gasteiger partial charge in [-0.05, 0) is 0 Å². The number of hydrogen-bond acceptors (Lipinski definition) is 15. The summed E-state index contributed by atoms with van der Waals surface area (Å²) < 4.78 is 37.6. The van der Waals surface area contributed by atoms with E-state index in [-0.39, 0.29) is 34.6 Å². The molecule has 2 fully saturated rings. The third kappa shape index (κ3) is 4.66. The number of aromatic amines is 1. The number of anilines is 1. The van der Waals surface area contributed by atoms with Gasteiger partial charge in [-0.1, -0.05) is 0 Å². The maximum Gasteiger partial charge on any atom is 0.472 e. The van der Waals surface area contributed by atoms with Crippen LogP contribution in [-0.2, 0) is 23.1 Å². The van der Waals surface area contributed by atoms with E-state index in [4.69, 9.17) is 24.3 Å². The quantitative estimate of drug-likeness (QED) is 0.122. The molecule has 0 radical (unpaired) electrons. The molecule has 1 unspecified atom stereocenters. The highest BCUT2D eigenvalue weighted by molar-refractivity contribution is 7.47. The lowest BCUT2D eigenvalue weighted by atomic mass is 10.1. The van der Waals surface area contributed by atoms with E-state index in [0.717, 1.165) is 0 Å². The van der Waals surface area contributed by atoms with Crippen molar-refractivity contribution in [2.45, 2.75) is 49.4 Å². The number of rotatable bonds is 8. The van der Waals surface area contributed by atoms with E-state index in [9.17, 15) is 29.6 Å². The molecular weight excluding hydrogens is 557 g/mol. The molecule has 6 heterocycles. The van der Waals surface area contributed by atoms with Crippen molar-refractivity contribution in [3.63, 3.8) is 0 Å². The fourth-order valence-corrected chi connectivity index (χ4v) is 5.66. The zero-order valence-corrected chi connectivity index (χ0v) is 21.3. The van der Waals surface area contributed by atoms with Gasteiger partial charge in [0.25, 0.3) is 5.56 Å². The van der Waals surface area contributed by atoms with E-state index >= 15 is 0 Å². The fraction of sp³-hybridized carbons (Fsp3) is 0.500. The van der Waals surface area contributed by atoms with Crippen LogP contribution >= 0.6 is 7.82 Å². The zero-order chi connectivity index (χ0) is 28.2. The summed E-state index contributed by atoms with van der Waals surface area (Å²) in [4.78, 5) is 45.0. The van der Waals surface area contributed by atoms with Gasteiger partial charge in [0.2, 0.25) is 0 Å². The molecule has 2 aliphatic rings. The van der Waals surface area contributed by atoms with Gasteiger partial charge in [-0.25, -0.2) is 29.5 Å². The number of nitrogen functional groups attached to an aromatic ring is 1. The van der Waals surface area contributed by atoms with E-state index in [1.807, 2.05) is 0 Å². The molecule has 0 spiro atoms. The van der Waals surface area contributed by atoms with E-state index in [0.29, 0.717) is 0 Å². The Balaban J connectivity index is 1.16. The lowest BCUT2D eigenvalue weighted by Crippen LogP contribution is -2.35. The van der Waals surface area contributed by atoms with Gasteiger partial charge < -0.3 is 40.4 Å². The van der Waals surface area contributed by atoms with Crippen LogP contribution in [0.3, 0.4) is 0 Å². The van der Waals surface area contributed by atoms with Crippen LogP contribution in [0.25, 0.3) is 22.3 Å². The topological polar surface area (TPSA) is 268 Å². The summed E-state index contributed by atoms with van der Waals surface area (Å²) in [5.41, 5.74) is 6.12. The smallest absolute Gasteiger partial charge is 0.394 e. The van der Waals surface area contributed by atoms with Crippen LogP contribution in [0, 0.1) is 0 Å². The number of imidazole rings is 2. The van der Waals surface area contributed by atoms with E-state index < -0.39 is 69.6 Å². The van der Waals surface area contributed by atoms with Crippen molar-refractivity contribution in [3.8, 4) is 0 Å². The van der Waals surface area contributed by atoms with Gasteiger partial charge in [-0.2, -0.15) is 0 Å². The Morgan fingerprint density at radius 3 is 2.62 bits per heavy atom. The number of phosphoric ester groups is 1. The number of aromatic nitrogens is 8. The molecule has 214 valence electrons. The Bertz CT molecular complexity index is 1640. The maximum atomic E-state index is 12.9. The molecule has 0 saturated carbocycles. The summed E-state index contributed by atoms with van der Waals surface area (Å²) in [7, 11) is -4.91. The summed E-state index contributed by atoms with van der Waals surface area (Å²) >= 11 is 0. The number of hydrogen-bond donors (Lipinski definition) is 6. The van der Waals surface area contributed by atoms with Crippen molar-refractivity contribution < 1.29 is 43.3 Å². The average molecular weight is 581 g/mol. The SMILES string of the molecule is Nc1ncnc2c1ncn2[C@@H]1O[C@H](CO)[C@@H](O)[C@H]1OP(=O)(O)OC[C@H]1O[C@@H](n2cnc3c(=O)[nH]cnc32)C[C@@H]1O. The number of ether oxygens (including phenoxy) is 2. The Morgan fingerprint density at radius 2 is 1.82 bits per heavy atom. The first-order valence-electron chi connectivity index (χ1n) is 11.9. The first-order valence-corrected chi connectivity index (χ1v) is 13.4. The molecule has 4 aromatic heterocycles. The highest BCUT2D eigenvalue weighted by Gasteiger charge is 2.49. The van der Waals surface area contributed by atoms with Gasteiger partial charge in [-0.15, -0.1) is 0 Å². The number of nitrogens with two attached hydrogens (primary N) is 1. The van der Waals surface area contributed by atoms with Crippen LogP contribution in [-0.4, -0.2) is 103 Å². The summed E-state index contributed by atoms with van der Waals surface area (Å²) in [6.45, 7) is -1.19. The number of nitrogens with one attached hydrogen (secondary N) is 1. The second kappa shape index (κ2) is 10.2. The van der Waals surface area contributed by atoms with Crippen molar-refractivity contribution in [1.29, 1.82) is 0 Å². The minimum Gasteiger partial charge on any atom is -0.394 e. The standard InChI is InChI=1S/C20H24N9O10P/c21-16-12-17(23-4-22-16)29(7-26-12)20-15(14(32)9(2-30)38-20)39-40(34,35)36-3-10-8(31)1-11(37-10)28-6-27-13-18(28)24-5-25-19(13)33/h4-11,14-15,20,30-32H,1-3H2,(H,34,35)(H2,21,22,23)(H,24,25,33)/t8-,9+,10+,11+,14+,15+,20+/m0/s1. The van der Waals surface area contributed by atoms with Crippen molar-refractivity contribution in [2.24, 2.45) is 0 Å². The molecule has 0 aromatic carbocycles. The first kappa shape index (κ1) is 26.8. The predicted molar refractivity (Wildman–Crippen MR) is 130 cm³/mol. The average Bonchev–Trinajstić information content (AvgIpc) is 3.69. The van der Waals surface area contributed by atoms with Gasteiger partial charge in [0.15, 0.2) is 28.9 Å². The number of aliphatic hydroxyl groups is 3. The van der Waals surface area contributed by atoms with Crippen LogP contribution in [0.15, 0.2) is 30.1 Å². The largest absolute Gasteiger partial charge is 0.472 e. The molecule has 7 N–H and O–H groups in total. The molecule has 2 aliphatic heterocycles. The highest BCUT2D eigenvalue weighted by Crippen LogP contribution is 2.50. The van der Waals surface area contributed by atoms with Gasteiger partial charge in [0.1, 0.15) is 42.5 Å². The molecule has 6 rings (SSSR count). The van der Waals surface area contributed by atoms with Crippen molar-refractivity contribution in [1.82, 2.24) is 39.0 Å². The Labute approximate surface area is 222 Å². The van der Waals surface area contributed by atoms with Crippen molar-refractivity contribution >= 4 is 36.0 Å². The number of H-pyrrole nitrogens is 1. The molecule has 2 saturated heterocycles. The highest BCUT2D eigenvalue weighted by atomic mass is 31.2. The van der Waals surface area contributed by atoms with Gasteiger partial charge >= 0.3 is 7.82 Å². The van der Waals surface area contributed by atoms with Gasteiger partial charge in [0.05, 0.1) is 38.3 Å². The molecule has 8 atom stereocenters. The molecule has 40 heavy (non-hydrogen) atoms. The molecule has 0 aliphatic carbocycles. The number of phosphoric acid groups is 1. The van der Waals surface area contributed by atoms with E-state index in [2.05, 4.69) is 29.9 Å². The zero-order valence-electron chi connectivity index (χ0n) is 20.4. The summed E-state index contributed by atoms with van der Waals surface area (Å²) in [6, 6.07) is 0. The minimum atomic E-state index is -4.91. The van der Waals surface area contributed by atoms with Crippen LogP contribution in [0.5, 0.6) is 0 Å². The normalized spacial score (nSPS) is 30.4. The summed E-state index contributed by atoms with van der Waals surface area (Å²) in [5.74, 6) is 0.0781. The Morgan fingerprint density at radius 1 is 1.07 bits per heavy atom. The van der Waals surface area contributed by atoms with E-state index in [1.54, 1.807) is 0 Å². The third-order valence-corrected chi connectivity index (χ3v) is 7.68. The second-order valence-electron chi connectivity index (χ2n) is 9.14. The molecule has 0 amide bonds. The minimum absolute atomic E-state index is 0.0542. The third-order valence-electron chi connectivity index (χ3n) is 6.69. The molecule has 19 nitrogen and oxygen atoms in total. The van der Waals surface area contributed by atoms with Crippen LogP contribution in [0.2, 0.25) is 0 Å². The molecule has 4 aromatic rings. The Kier molecular flexibility index (Phi) is 6.85. The van der Waals surface area contributed by atoms with E-state index in [1.165, 1.54) is 34.4 Å². The summed E-state index contributed by atoms with van der Waals surface area (Å²) in [6.07, 6.45) is -3.37. The van der Waals surface area contributed by atoms with Gasteiger partial charge in [0, 0.05) is 6.42 Å². The molecule has 20 heteroatoms. The molecule has 0 bridgehead atoms. The van der Waals surface area contributed by atoms with Crippen molar-refractivity contribution in [3.05, 3.63) is 35.7 Å². The van der Waals surface area contributed by atoms with Crippen LogP contribution in [0.1, 0.15) is 18.9 Å².